The molecule has 1 aliphatic rings. The van der Waals surface area contributed by atoms with Gasteiger partial charge in [-0.25, -0.2) is 18.4 Å². The molecule has 2 aromatic rings. The van der Waals surface area contributed by atoms with Gasteiger partial charge in [0.05, 0.1) is 4.90 Å². The lowest BCUT2D eigenvalue weighted by molar-refractivity contribution is -0.274. The third-order valence-electron chi connectivity index (χ3n) is 4.17. The zero-order chi connectivity index (χ0) is 21.2. The number of aliphatic carboxylic acids is 1. The van der Waals surface area contributed by atoms with Crippen molar-refractivity contribution >= 4 is 21.8 Å². The summed E-state index contributed by atoms with van der Waals surface area (Å²) in [4.78, 5) is 20.8. The average molecular weight is 432 g/mol. The number of sulfonamides is 1. The van der Waals surface area contributed by atoms with Crippen molar-refractivity contribution < 1.29 is 36.2 Å². The third-order valence-corrected chi connectivity index (χ3v) is 6.09. The molecule has 0 aliphatic carbocycles. The number of alkyl halides is 3. The maximum atomic E-state index is 12.9. The molecule has 1 aromatic heterocycles. The van der Waals surface area contributed by atoms with Crippen LogP contribution in [-0.2, 0) is 14.8 Å². The molecule has 1 fully saturated rings. The van der Waals surface area contributed by atoms with E-state index in [2.05, 4.69) is 14.7 Å². The van der Waals surface area contributed by atoms with Crippen molar-refractivity contribution in [1.29, 1.82) is 0 Å². The molecule has 1 aliphatic heterocycles. The van der Waals surface area contributed by atoms with E-state index in [1.54, 1.807) is 11.0 Å². The molecular weight excluding hydrogens is 417 g/mol. The Morgan fingerprint density at radius 1 is 1.17 bits per heavy atom. The molecule has 13 heteroatoms. The second kappa shape index (κ2) is 7.83. The molecule has 29 heavy (non-hydrogen) atoms. The predicted octanol–water partition coefficient (Wildman–Crippen LogP) is 1.34. The Hall–Kier alpha value is -2.93. The molecule has 0 amide bonds. The molecule has 1 N–H and O–H groups in total. The molecule has 0 saturated carbocycles. The number of carbonyl (C=O) groups is 1. The number of anilines is 1. The minimum Gasteiger partial charge on any atom is -0.480 e. The summed E-state index contributed by atoms with van der Waals surface area (Å²) in [7, 11) is -4.27. The number of benzene rings is 1. The Balaban J connectivity index is 1.83. The Morgan fingerprint density at radius 3 is 2.41 bits per heavy atom. The first-order chi connectivity index (χ1) is 13.6. The Labute approximate surface area is 163 Å². The highest BCUT2D eigenvalue weighted by Crippen LogP contribution is 2.27. The van der Waals surface area contributed by atoms with E-state index in [4.69, 9.17) is 0 Å². The summed E-state index contributed by atoms with van der Waals surface area (Å²) in [5.41, 5.74) is 0. The van der Waals surface area contributed by atoms with E-state index < -0.39 is 34.1 Å². The van der Waals surface area contributed by atoms with Gasteiger partial charge in [-0.05, 0) is 30.3 Å². The Morgan fingerprint density at radius 2 is 1.86 bits per heavy atom. The molecule has 0 radical (unpaired) electrons. The summed E-state index contributed by atoms with van der Waals surface area (Å²) in [6.45, 7) is -0.125. The van der Waals surface area contributed by atoms with Gasteiger partial charge in [0.15, 0.2) is 0 Å². The standard InChI is InChI=1S/C16H15F3N4O5S/c17-16(18,19)28-11-1-3-12(4-2-11)29(26,27)23-8-7-22(9-13(23)15(24)25)14-5-6-20-10-21-14/h1-6,10,13H,7-9H2,(H,24,25)/t13-/m1/s1. The maximum absolute atomic E-state index is 12.9. The van der Waals surface area contributed by atoms with Crippen LogP contribution < -0.4 is 9.64 Å². The third kappa shape index (κ3) is 4.74. The summed E-state index contributed by atoms with van der Waals surface area (Å²) >= 11 is 0. The normalized spacial score (nSPS) is 18.4. The number of aromatic nitrogens is 2. The highest BCUT2D eigenvalue weighted by atomic mass is 32.2. The second-order valence-corrected chi connectivity index (χ2v) is 7.89. The van der Waals surface area contributed by atoms with Crippen molar-refractivity contribution in [3.63, 3.8) is 0 Å². The van der Waals surface area contributed by atoms with Crippen LogP contribution in [0.5, 0.6) is 5.75 Å². The smallest absolute Gasteiger partial charge is 0.480 e. The van der Waals surface area contributed by atoms with Crippen LogP contribution in [0.2, 0.25) is 0 Å². The lowest BCUT2D eigenvalue weighted by Gasteiger charge is -2.38. The van der Waals surface area contributed by atoms with Gasteiger partial charge in [0.2, 0.25) is 10.0 Å². The van der Waals surface area contributed by atoms with E-state index in [-0.39, 0.29) is 24.5 Å². The van der Waals surface area contributed by atoms with Gasteiger partial charge in [0.25, 0.3) is 0 Å². The SMILES string of the molecule is O=C(O)[C@H]1CN(c2ccncn2)CCN1S(=O)(=O)c1ccc(OC(F)(F)F)cc1. The topological polar surface area (TPSA) is 113 Å². The molecule has 0 bridgehead atoms. The van der Waals surface area contributed by atoms with Crippen LogP contribution in [0.4, 0.5) is 19.0 Å². The summed E-state index contributed by atoms with van der Waals surface area (Å²) < 4.78 is 67.1. The summed E-state index contributed by atoms with van der Waals surface area (Å²) in [5.74, 6) is -1.49. The van der Waals surface area contributed by atoms with Crippen LogP contribution in [0.15, 0.2) is 47.8 Å². The molecule has 3 rings (SSSR count). The number of rotatable bonds is 5. The predicted molar refractivity (Wildman–Crippen MR) is 92.7 cm³/mol. The quantitative estimate of drug-likeness (QED) is 0.753. The molecule has 1 saturated heterocycles. The van der Waals surface area contributed by atoms with Crippen molar-refractivity contribution in [2.75, 3.05) is 24.5 Å². The van der Waals surface area contributed by atoms with Crippen LogP contribution in [-0.4, -0.2) is 65.8 Å². The van der Waals surface area contributed by atoms with Crippen molar-refractivity contribution in [3.05, 3.63) is 42.9 Å². The lowest BCUT2D eigenvalue weighted by atomic mass is 10.2. The fraction of sp³-hybridized carbons (Fsp3) is 0.312. The summed E-state index contributed by atoms with van der Waals surface area (Å²) in [6, 6.07) is 3.75. The largest absolute Gasteiger partial charge is 0.573 e. The summed E-state index contributed by atoms with van der Waals surface area (Å²) in [5, 5.41) is 9.54. The number of ether oxygens (including phenoxy) is 1. The molecule has 2 heterocycles. The highest BCUT2D eigenvalue weighted by Gasteiger charge is 2.40. The number of carboxylic acid groups (broad SMARTS) is 1. The fourth-order valence-corrected chi connectivity index (χ4v) is 4.45. The van der Waals surface area contributed by atoms with Crippen LogP contribution >= 0.6 is 0 Å². The minimum absolute atomic E-state index is 0.149. The first-order valence-electron chi connectivity index (χ1n) is 8.19. The molecule has 1 aromatic carbocycles. The van der Waals surface area contributed by atoms with Gasteiger partial charge < -0.3 is 14.7 Å². The van der Waals surface area contributed by atoms with E-state index >= 15 is 0 Å². The lowest BCUT2D eigenvalue weighted by Crippen LogP contribution is -2.58. The highest BCUT2D eigenvalue weighted by molar-refractivity contribution is 7.89. The molecule has 1 atom stereocenters. The van der Waals surface area contributed by atoms with Crippen LogP contribution in [0.1, 0.15) is 0 Å². The van der Waals surface area contributed by atoms with Gasteiger partial charge in [0, 0.05) is 25.8 Å². The van der Waals surface area contributed by atoms with Crippen molar-refractivity contribution in [3.8, 4) is 5.75 Å². The zero-order valence-electron chi connectivity index (χ0n) is 14.7. The van der Waals surface area contributed by atoms with Gasteiger partial charge in [-0.1, -0.05) is 0 Å². The number of hydrogen-bond acceptors (Lipinski definition) is 7. The van der Waals surface area contributed by atoms with E-state index in [9.17, 15) is 31.5 Å². The molecule has 156 valence electrons. The number of carboxylic acids is 1. The van der Waals surface area contributed by atoms with Gasteiger partial charge in [-0.3, -0.25) is 4.79 Å². The van der Waals surface area contributed by atoms with Crippen LogP contribution in [0, 0.1) is 0 Å². The number of nitrogens with zero attached hydrogens (tertiary/aromatic N) is 4. The van der Waals surface area contributed by atoms with Crippen molar-refractivity contribution in [2.24, 2.45) is 0 Å². The number of hydrogen-bond donors (Lipinski definition) is 1. The van der Waals surface area contributed by atoms with Gasteiger partial charge in [0.1, 0.15) is 23.9 Å². The first kappa shape index (κ1) is 20.8. The van der Waals surface area contributed by atoms with E-state index in [1.807, 2.05) is 0 Å². The van der Waals surface area contributed by atoms with Gasteiger partial charge >= 0.3 is 12.3 Å². The fourth-order valence-electron chi connectivity index (χ4n) is 2.88. The first-order valence-corrected chi connectivity index (χ1v) is 9.63. The van der Waals surface area contributed by atoms with Gasteiger partial charge in [-0.15, -0.1) is 13.2 Å². The Bertz CT molecular complexity index is 970. The maximum Gasteiger partial charge on any atom is 0.573 e. The molecule has 0 spiro atoms. The number of piperazine rings is 1. The van der Waals surface area contributed by atoms with E-state index in [1.165, 1.54) is 12.5 Å². The molecule has 0 unspecified atom stereocenters. The average Bonchev–Trinajstić information content (AvgIpc) is 2.67. The zero-order valence-corrected chi connectivity index (χ0v) is 15.5. The minimum atomic E-state index is -4.91. The van der Waals surface area contributed by atoms with Crippen molar-refractivity contribution in [1.82, 2.24) is 14.3 Å². The Kier molecular flexibility index (Phi) is 5.61. The molecule has 9 nitrogen and oxygen atoms in total. The summed E-state index contributed by atoms with van der Waals surface area (Å²) in [6.07, 6.45) is -2.14. The van der Waals surface area contributed by atoms with Crippen molar-refractivity contribution in [2.45, 2.75) is 17.3 Å². The van der Waals surface area contributed by atoms with E-state index in [0.29, 0.717) is 5.82 Å². The van der Waals surface area contributed by atoms with Gasteiger partial charge in [-0.2, -0.15) is 4.31 Å². The van der Waals surface area contributed by atoms with Crippen LogP contribution in [0.3, 0.4) is 0 Å². The number of halogens is 3. The van der Waals surface area contributed by atoms with Crippen LogP contribution in [0.25, 0.3) is 0 Å². The van der Waals surface area contributed by atoms with E-state index in [0.717, 1.165) is 28.6 Å². The second-order valence-electron chi connectivity index (χ2n) is 6.00. The monoisotopic (exact) mass is 432 g/mol. The molecular formula is C16H15F3N4O5S.